The number of halogens is 4. The summed E-state index contributed by atoms with van der Waals surface area (Å²) < 4.78 is 44.0. The Morgan fingerprint density at radius 2 is 1.94 bits per heavy atom. The standard InChI is InChI=1S/C23H21ClF3N5O3S/c1-13(8-18(33)17-10-20(30-12-29-17)32-4-6-35-7-5-32)22-28-11-19(36-22)21(34)31-14-2-3-15(16(24)9-14)23(25,26)27/h2-3,9-13H,4-8H2,1H3,(H,31,34). The summed E-state index contributed by atoms with van der Waals surface area (Å²) in [5, 5.41) is 2.57. The molecule has 190 valence electrons. The van der Waals surface area contributed by atoms with Gasteiger partial charge in [0.2, 0.25) is 0 Å². The van der Waals surface area contributed by atoms with E-state index in [-0.39, 0.29) is 28.7 Å². The molecule has 1 saturated heterocycles. The molecular weight excluding hydrogens is 519 g/mol. The topological polar surface area (TPSA) is 97.3 Å². The fraction of sp³-hybridized carbons (Fsp3) is 0.348. The van der Waals surface area contributed by atoms with Crippen LogP contribution in [0.1, 0.15) is 50.0 Å². The van der Waals surface area contributed by atoms with Crippen LogP contribution >= 0.6 is 22.9 Å². The van der Waals surface area contributed by atoms with Crippen molar-refractivity contribution in [3.63, 3.8) is 0 Å². The molecule has 1 aliphatic heterocycles. The average Bonchev–Trinajstić information content (AvgIpc) is 3.35. The summed E-state index contributed by atoms with van der Waals surface area (Å²) >= 11 is 6.81. The molecule has 1 aliphatic rings. The van der Waals surface area contributed by atoms with Crippen molar-refractivity contribution in [1.82, 2.24) is 15.0 Å². The molecule has 3 aromatic rings. The number of ether oxygens (including phenoxy) is 1. The van der Waals surface area contributed by atoms with Crippen molar-refractivity contribution in [2.45, 2.75) is 25.4 Å². The van der Waals surface area contributed by atoms with Crippen molar-refractivity contribution in [1.29, 1.82) is 0 Å². The molecule has 3 heterocycles. The van der Waals surface area contributed by atoms with E-state index >= 15 is 0 Å². The summed E-state index contributed by atoms with van der Waals surface area (Å²) in [6.45, 7) is 4.37. The minimum absolute atomic E-state index is 0.121. The minimum Gasteiger partial charge on any atom is -0.378 e. The fourth-order valence-corrected chi connectivity index (χ4v) is 4.72. The van der Waals surface area contributed by atoms with Crippen LogP contribution in [0.4, 0.5) is 24.7 Å². The van der Waals surface area contributed by atoms with Crippen molar-refractivity contribution in [3.05, 3.63) is 63.0 Å². The third kappa shape index (κ3) is 6.18. The van der Waals surface area contributed by atoms with Crippen LogP contribution in [0.15, 0.2) is 36.8 Å². The highest BCUT2D eigenvalue weighted by Gasteiger charge is 2.33. The molecule has 0 spiro atoms. The second-order valence-electron chi connectivity index (χ2n) is 8.10. The highest BCUT2D eigenvalue weighted by atomic mass is 35.5. The number of morpholine rings is 1. The average molecular weight is 540 g/mol. The number of ketones is 1. The van der Waals surface area contributed by atoms with Crippen LogP contribution in [0.3, 0.4) is 0 Å². The smallest absolute Gasteiger partial charge is 0.378 e. The molecule has 13 heteroatoms. The largest absolute Gasteiger partial charge is 0.417 e. The molecular formula is C23H21ClF3N5O3S. The lowest BCUT2D eigenvalue weighted by Gasteiger charge is -2.27. The van der Waals surface area contributed by atoms with Gasteiger partial charge in [-0.1, -0.05) is 18.5 Å². The maximum atomic E-state index is 12.9. The van der Waals surface area contributed by atoms with Crippen LogP contribution in [0.2, 0.25) is 5.02 Å². The summed E-state index contributed by atoms with van der Waals surface area (Å²) in [5.74, 6) is -0.341. The number of Topliss-reactive ketones (excluding diaryl/α,β-unsaturated/α-hetero) is 1. The Morgan fingerprint density at radius 3 is 2.64 bits per heavy atom. The molecule has 1 fully saturated rings. The summed E-state index contributed by atoms with van der Waals surface area (Å²) in [7, 11) is 0. The number of aromatic nitrogens is 3. The predicted octanol–water partition coefficient (Wildman–Crippen LogP) is 5.07. The molecule has 0 saturated carbocycles. The van der Waals surface area contributed by atoms with Crippen molar-refractivity contribution in [3.8, 4) is 0 Å². The first-order chi connectivity index (χ1) is 17.1. The number of carbonyl (C=O) groups excluding carboxylic acids is 2. The van der Waals surface area contributed by atoms with Gasteiger partial charge >= 0.3 is 6.18 Å². The van der Waals surface area contributed by atoms with Gasteiger partial charge in [-0.2, -0.15) is 13.2 Å². The van der Waals surface area contributed by atoms with Crippen LogP contribution < -0.4 is 10.2 Å². The molecule has 0 aliphatic carbocycles. The van der Waals surface area contributed by atoms with E-state index in [0.29, 0.717) is 42.8 Å². The number of hydrogen-bond donors (Lipinski definition) is 1. The van der Waals surface area contributed by atoms with E-state index in [9.17, 15) is 22.8 Å². The molecule has 8 nitrogen and oxygen atoms in total. The minimum atomic E-state index is -4.59. The zero-order valence-corrected chi connectivity index (χ0v) is 20.6. The summed E-state index contributed by atoms with van der Waals surface area (Å²) in [5.41, 5.74) is -0.565. The lowest BCUT2D eigenvalue weighted by atomic mass is 10.0. The predicted molar refractivity (Wildman–Crippen MR) is 129 cm³/mol. The zero-order chi connectivity index (χ0) is 25.9. The maximum Gasteiger partial charge on any atom is 0.417 e. The van der Waals surface area contributed by atoms with E-state index < -0.39 is 22.7 Å². The number of carbonyl (C=O) groups is 2. The molecule has 1 atom stereocenters. The Labute approximate surface area is 213 Å². The molecule has 1 amide bonds. The summed E-state index contributed by atoms with van der Waals surface area (Å²) in [6, 6.07) is 4.64. The summed E-state index contributed by atoms with van der Waals surface area (Å²) in [6.07, 6.45) is -1.73. The van der Waals surface area contributed by atoms with Crippen molar-refractivity contribution >= 4 is 46.1 Å². The second kappa shape index (κ2) is 10.9. The Kier molecular flexibility index (Phi) is 7.86. The lowest BCUT2D eigenvalue weighted by Crippen LogP contribution is -2.36. The first-order valence-corrected chi connectivity index (χ1v) is 12.1. The highest BCUT2D eigenvalue weighted by Crippen LogP contribution is 2.36. The molecule has 1 aromatic carbocycles. The van der Waals surface area contributed by atoms with Gasteiger partial charge in [0.1, 0.15) is 22.7 Å². The Hall–Kier alpha value is -3.09. The number of alkyl halides is 3. The highest BCUT2D eigenvalue weighted by molar-refractivity contribution is 7.13. The number of nitrogens with one attached hydrogen (secondary N) is 1. The molecule has 1 N–H and O–H groups in total. The molecule has 1 unspecified atom stereocenters. The SMILES string of the molecule is CC(CC(=O)c1cc(N2CCOCC2)ncn1)c1ncc(C(=O)Nc2ccc(C(F)(F)F)c(Cl)c2)s1. The zero-order valence-electron chi connectivity index (χ0n) is 19.0. The van der Waals surface area contributed by atoms with E-state index in [2.05, 4.69) is 20.3 Å². The van der Waals surface area contributed by atoms with Crippen LogP contribution in [0, 0.1) is 0 Å². The lowest BCUT2D eigenvalue weighted by molar-refractivity contribution is -0.137. The van der Waals surface area contributed by atoms with Gasteiger partial charge in [0.15, 0.2) is 5.78 Å². The fourth-order valence-electron chi connectivity index (χ4n) is 3.57. The van der Waals surface area contributed by atoms with Crippen LogP contribution in [-0.4, -0.2) is 52.9 Å². The monoisotopic (exact) mass is 539 g/mol. The van der Waals surface area contributed by atoms with Gasteiger partial charge < -0.3 is 15.0 Å². The Balaban J connectivity index is 1.38. The van der Waals surface area contributed by atoms with E-state index in [1.807, 2.05) is 11.8 Å². The quantitative estimate of drug-likeness (QED) is 0.419. The van der Waals surface area contributed by atoms with Crippen molar-refractivity contribution in [2.24, 2.45) is 0 Å². The number of rotatable bonds is 7. The number of benzene rings is 1. The van der Waals surface area contributed by atoms with Crippen LogP contribution in [0.5, 0.6) is 0 Å². The molecule has 36 heavy (non-hydrogen) atoms. The number of thiazole rings is 1. The number of amides is 1. The first-order valence-electron chi connectivity index (χ1n) is 10.9. The van der Waals surface area contributed by atoms with Crippen LogP contribution in [-0.2, 0) is 10.9 Å². The van der Waals surface area contributed by atoms with Gasteiger partial charge in [-0.3, -0.25) is 9.59 Å². The Bertz CT molecular complexity index is 1260. The first kappa shape index (κ1) is 26.0. The van der Waals surface area contributed by atoms with E-state index in [0.717, 1.165) is 29.5 Å². The molecule has 0 bridgehead atoms. The van der Waals surface area contributed by atoms with Crippen LogP contribution in [0.25, 0.3) is 0 Å². The summed E-state index contributed by atoms with van der Waals surface area (Å²) in [4.78, 5) is 40.3. The van der Waals surface area contributed by atoms with Gasteiger partial charge in [0, 0.05) is 37.2 Å². The molecule has 2 aromatic heterocycles. The molecule has 4 rings (SSSR count). The van der Waals surface area contributed by atoms with E-state index in [4.69, 9.17) is 16.3 Å². The third-order valence-electron chi connectivity index (χ3n) is 5.47. The van der Waals surface area contributed by atoms with E-state index in [1.165, 1.54) is 12.5 Å². The van der Waals surface area contributed by atoms with Gasteiger partial charge in [0.05, 0.1) is 35.0 Å². The molecule has 0 radical (unpaired) electrons. The van der Waals surface area contributed by atoms with Crippen molar-refractivity contribution in [2.75, 3.05) is 36.5 Å². The van der Waals surface area contributed by atoms with E-state index in [1.54, 1.807) is 6.07 Å². The number of nitrogens with zero attached hydrogens (tertiary/aromatic N) is 4. The Morgan fingerprint density at radius 1 is 1.19 bits per heavy atom. The number of anilines is 2. The van der Waals surface area contributed by atoms with Gasteiger partial charge in [-0.05, 0) is 18.2 Å². The van der Waals surface area contributed by atoms with Gasteiger partial charge in [-0.25, -0.2) is 15.0 Å². The van der Waals surface area contributed by atoms with Gasteiger partial charge in [-0.15, -0.1) is 11.3 Å². The number of hydrogen-bond acceptors (Lipinski definition) is 8. The second-order valence-corrected chi connectivity index (χ2v) is 9.57. The van der Waals surface area contributed by atoms with Gasteiger partial charge in [0.25, 0.3) is 5.91 Å². The normalized spacial score (nSPS) is 15.0. The maximum absolute atomic E-state index is 12.9. The third-order valence-corrected chi connectivity index (χ3v) is 7.01. The van der Waals surface area contributed by atoms with Crippen molar-refractivity contribution < 1.29 is 27.5 Å².